The number of H-pyrrole nitrogens is 1. The summed E-state index contributed by atoms with van der Waals surface area (Å²) in [4.78, 5) is 12.7. The molecule has 1 aliphatic carbocycles. The number of hydrazone groups is 1. The standard InChI is InChI=1S/C22H22N4O5/c1-28-14-5-6-15-13(9-14)10-16-19(15)24-25-20(16)22(27)26-23-11-12-7-17(29-2)21(31-4)18(8-12)30-3/h5-9,11H,10H2,1-4H3,(H,24,25)(H,26,27)/b23-11+. The Labute approximate surface area is 179 Å². The summed E-state index contributed by atoms with van der Waals surface area (Å²) in [5.41, 5.74) is 7.26. The van der Waals surface area contributed by atoms with Crippen LogP contribution in [0.25, 0.3) is 11.3 Å². The maximum Gasteiger partial charge on any atom is 0.289 e. The Hall–Kier alpha value is -4.01. The molecular weight excluding hydrogens is 400 g/mol. The third-order valence-electron chi connectivity index (χ3n) is 5.10. The van der Waals surface area contributed by atoms with Gasteiger partial charge < -0.3 is 18.9 Å². The highest BCUT2D eigenvalue weighted by Gasteiger charge is 2.27. The largest absolute Gasteiger partial charge is 0.497 e. The Balaban J connectivity index is 1.51. The quantitative estimate of drug-likeness (QED) is 0.350. The number of carbonyl (C=O) groups excluding carboxylic acids is 1. The van der Waals surface area contributed by atoms with Gasteiger partial charge in [-0.3, -0.25) is 9.89 Å². The highest BCUT2D eigenvalue weighted by molar-refractivity contribution is 5.97. The molecule has 0 atom stereocenters. The highest BCUT2D eigenvalue weighted by Crippen LogP contribution is 2.39. The lowest BCUT2D eigenvalue weighted by Crippen LogP contribution is -2.19. The number of fused-ring (bicyclic) bond motifs is 3. The normalized spacial score (nSPS) is 11.7. The van der Waals surface area contributed by atoms with E-state index in [1.807, 2.05) is 18.2 Å². The van der Waals surface area contributed by atoms with Gasteiger partial charge in [-0.2, -0.15) is 10.2 Å². The second kappa shape index (κ2) is 8.39. The van der Waals surface area contributed by atoms with Crippen LogP contribution in [-0.4, -0.2) is 50.8 Å². The molecule has 1 aromatic heterocycles. The van der Waals surface area contributed by atoms with Gasteiger partial charge in [-0.25, -0.2) is 5.43 Å². The fourth-order valence-electron chi connectivity index (χ4n) is 3.61. The van der Waals surface area contributed by atoms with E-state index in [-0.39, 0.29) is 5.91 Å². The van der Waals surface area contributed by atoms with Crippen LogP contribution in [0.5, 0.6) is 23.0 Å². The van der Waals surface area contributed by atoms with E-state index in [0.717, 1.165) is 28.1 Å². The molecule has 0 radical (unpaired) electrons. The van der Waals surface area contributed by atoms with Crippen molar-refractivity contribution in [3.8, 4) is 34.3 Å². The van der Waals surface area contributed by atoms with Crippen LogP contribution in [0.2, 0.25) is 0 Å². The van der Waals surface area contributed by atoms with Gasteiger partial charge in [0.15, 0.2) is 11.5 Å². The number of nitrogens with zero attached hydrogens (tertiary/aromatic N) is 2. The van der Waals surface area contributed by atoms with E-state index in [0.29, 0.717) is 34.9 Å². The summed E-state index contributed by atoms with van der Waals surface area (Å²) in [6.45, 7) is 0. The average Bonchev–Trinajstić information content (AvgIpc) is 3.36. The zero-order chi connectivity index (χ0) is 22.0. The van der Waals surface area contributed by atoms with E-state index in [1.54, 1.807) is 19.2 Å². The number of hydrogen-bond acceptors (Lipinski definition) is 7. The van der Waals surface area contributed by atoms with Crippen molar-refractivity contribution in [3.05, 3.63) is 52.7 Å². The molecule has 1 heterocycles. The van der Waals surface area contributed by atoms with Gasteiger partial charge in [0, 0.05) is 23.1 Å². The van der Waals surface area contributed by atoms with E-state index in [9.17, 15) is 4.79 Å². The van der Waals surface area contributed by atoms with E-state index >= 15 is 0 Å². The summed E-state index contributed by atoms with van der Waals surface area (Å²) in [5.74, 6) is 1.87. The zero-order valence-electron chi connectivity index (χ0n) is 17.6. The number of hydrogen-bond donors (Lipinski definition) is 2. The van der Waals surface area contributed by atoms with Crippen LogP contribution in [0, 0.1) is 0 Å². The topological polar surface area (TPSA) is 107 Å². The maximum atomic E-state index is 12.7. The van der Waals surface area contributed by atoms with E-state index in [2.05, 4.69) is 20.7 Å². The Morgan fingerprint density at radius 1 is 1.06 bits per heavy atom. The maximum absolute atomic E-state index is 12.7. The first-order valence-corrected chi connectivity index (χ1v) is 9.47. The predicted molar refractivity (Wildman–Crippen MR) is 115 cm³/mol. The number of benzene rings is 2. The minimum atomic E-state index is -0.378. The smallest absolute Gasteiger partial charge is 0.289 e. The van der Waals surface area contributed by atoms with Crippen molar-refractivity contribution in [2.24, 2.45) is 5.10 Å². The number of aromatic nitrogens is 2. The Morgan fingerprint density at radius 3 is 2.45 bits per heavy atom. The van der Waals surface area contributed by atoms with Crippen LogP contribution in [0.3, 0.4) is 0 Å². The Kier molecular flexibility index (Phi) is 5.48. The summed E-state index contributed by atoms with van der Waals surface area (Å²) in [6, 6.07) is 9.25. The first kappa shape index (κ1) is 20.3. The van der Waals surface area contributed by atoms with Crippen LogP contribution in [0.4, 0.5) is 0 Å². The summed E-state index contributed by atoms with van der Waals surface area (Å²) < 4.78 is 21.2. The lowest BCUT2D eigenvalue weighted by molar-refractivity contribution is 0.0949. The number of methoxy groups -OCH3 is 4. The lowest BCUT2D eigenvalue weighted by Gasteiger charge is -2.12. The third kappa shape index (κ3) is 3.65. The van der Waals surface area contributed by atoms with Crippen LogP contribution in [0.15, 0.2) is 35.4 Å². The molecule has 1 aliphatic rings. The van der Waals surface area contributed by atoms with Gasteiger partial charge in [-0.1, -0.05) is 0 Å². The number of ether oxygens (including phenoxy) is 4. The van der Waals surface area contributed by atoms with Crippen LogP contribution < -0.4 is 24.4 Å². The molecule has 2 N–H and O–H groups in total. The average molecular weight is 422 g/mol. The van der Waals surface area contributed by atoms with Gasteiger partial charge in [0.25, 0.3) is 5.91 Å². The first-order chi connectivity index (χ1) is 15.1. The van der Waals surface area contributed by atoms with Crippen molar-refractivity contribution < 1.29 is 23.7 Å². The second-order valence-electron chi connectivity index (χ2n) is 6.78. The SMILES string of the molecule is COc1ccc2c(c1)Cc1c-2n[nH]c1C(=O)N/N=C/c1cc(OC)c(OC)c(OC)c1. The molecule has 0 bridgehead atoms. The molecule has 0 fully saturated rings. The van der Waals surface area contributed by atoms with E-state index in [4.69, 9.17) is 18.9 Å². The van der Waals surface area contributed by atoms with Crippen molar-refractivity contribution in [2.45, 2.75) is 6.42 Å². The molecule has 0 aliphatic heterocycles. The van der Waals surface area contributed by atoms with Gasteiger partial charge in [-0.05, 0) is 35.9 Å². The molecule has 0 saturated heterocycles. The summed E-state index contributed by atoms with van der Waals surface area (Å²) in [5, 5.41) is 11.2. The van der Waals surface area contributed by atoms with Gasteiger partial charge in [0.2, 0.25) is 5.75 Å². The van der Waals surface area contributed by atoms with E-state index in [1.165, 1.54) is 27.5 Å². The Bertz CT molecular complexity index is 1140. The second-order valence-corrected chi connectivity index (χ2v) is 6.78. The van der Waals surface area contributed by atoms with Crippen LogP contribution >= 0.6 is 0 Å². The number of carbonyl (C=O) groups is 1. The van der Waals surface area contributed by atoms with Crippen molar-refractivity contribution in [2.75, 3.05) is 28.4 Å². The molecule has 4 rings (SSSR count). The van der Waals surface area contributed by atoms with Crippen molar-refractivity contribution in [1.29, 1.82) is 0 Å². The minimum Gasteiger partial charge on any atom is -0.497 e. The number of aromatic amines is 1. The number of rotatable bonds is 7. The van der Waals surface area contributed by atoms with E-state index < -0.39 is 0 Å². The predicted octanol–water partition coefficient (Wildman–Crippen LogP) is 2.78. The first-order valence-electron chi connectivity index (χ1n) is 9.47. The van der Waals surface area contributed by atoms with Gasteiger partial charge in [0.05, 0.1) is 40.3 Å². The summed E-state index contributed by atoms with van der Waals surface area (Å²) in [7, 11) is 6.23. The Morgan fingerprint density at radius 2 is 1.81 bits per heavy atom. The molecule has 0 spiro atoms. The van der Waals surface area contributed by atoms with Crippen LogP contribution in [-0.2, 0) is 6.42 Å². The molecule has 160 valence electrons. The number of nitrogens with one attached hydrogen (secondary N) is 2. The highest BCUT2D eigenvalue weighted by atomic mass is 16.5. The molecule has 3 aromatic rings. The van der Waals surface area contributed by atoms with Gasteiger partial charge in [-0.15, -0.1) is 0 Å². The van der Waals surface area contributed by atoms with Gasteiger partial charge in [0.1, 0.15) is 11.4 Å². The fourth-order valence-corrected chi connectivity index (χ4v) is 3.61. The molecular formula is C22H22N4O5. The number of amides is 1. The molecule has 31 heavy (non-hydrogen) atoms. The molecule has 0 saturated carbocycles. The van der Waals surface area contributed by atoms with Crippen LogP contribution in [0.1, 0.15) is 27.2 Å². The van der Waals surface area contributed by atoms with Crippen molar-refractivity contribution in [3.63, 3.8) is 0 Å². The molecule has 9 nitrogen and oxygen atoms in total. The molecule has 0 unspecified atom stereocenters. The van der Waals surface area contributed by atoms with Crippen molar-refractivity contribution >= 4 is 12.1 Å². The molecule has 9 heteroatoms. The molecule has 1 amide bonds. The third-order valence-corrected chi connectivity index (χ3v) is 5.10. The fraction of sp³-hybridized carbons (Fsp3) is 0.227. The molecule has 2 aromatic carbocycles. The summed E-state index contributed by atoms with van der Waals surface area (Å²) >= 11 is 0. The van der Waals surface area contributed by atoms with Gasteiger partial charge >= 0.3 is 0 Å². The minimum absolute atomic E-state index is 0.378. The monoisotopic (exact) mass is 422 g/mol. The van der Waals surface area contributed by atoms with Crippen molar-refractivity contribution in [1.82, 2.24) is 15.6 Å². The lowest BCUT2D eigenvalue weighted by atomic mass is 10.1. The summed E-state index contributed by atoms with van der Waals surface area (Å²) in [6.07, 6.45) is 2.09. The zero-order valence-corrected chi connectivity index (χ0v) is 17.6.